The van der Waals surface area contributed by atoms with Crippen molar-refractivity contribution in [2.75, 3.05) is 32.8 Å². The molecule has 0 aromatic heterocycles. The zero-order valence-corrected chi connectivity index (χ0v) is 11.6. The van der Waals surface area contributed by atoms with E-state index in [1.54, 1.807) is 0 Å². The fourth-order valence-corrected chi connectivity index (χ4v) is 1.76. The van der Waals surface area contributed by atoms with Crippen LogP contribution in [0.5, 0.6) is 0 Å². The average molecular weight is 287 g/mol. The third-order valence-electron chi connectivity index (χ3n) is 2.89. The molecule has 3 amide bonds. The summed E-state index contributed by atoms with van der Waals surface area (Å²) in [5.74, 6) is -1.50. The van der Waals surface area contributed by atoms with Crippen molar-refractivity contribution >= 4 is 17.9 Å². The minimum absolute atomic E-state index is 0.0748. The first-order valence-corrected chi connectivity index (χ1v) is 6.68. The van der Waals surface area contributed by atoms with E-state index < -0.39 is 18.0 Å². The highest BCUT2D eigenvalue weighted by Gasteiger charge is 2.34. The van der Waals surface area contributed by atoms with Gasteiger partial charge >= 0.3 is 12.0 Å². The first-order valence-electron chi connectivity index (χ1n) is 6.68. The predicted octanol–water partition coefficient (Wildman–Crippen LogP) is -0.602. The highest BCUT2D eigenvalue weighted by Crippen LogP contribution is 2.04. The minimum atomic E-state index is -1.14. The molecule has 1 atom stereocenters. The number of amides is 3. The summed E-state index contributed by atoms with van der Waals surface area (Å²) in [6, 6.07) is -1.60. The first kappa shape index (κ1) is 16.2. The third kappa shape index (κ3) is 5.04. The molecule has 0 aromatic carbocycles. The number of aliphatic carboxylic acids is 1. The second kappa shape index (κ2) is 8.36. The van der Waals surface area contributed by atoms with E-state index in [4.69, 9.17) is 9.84 Å². The van der Waals surface area contributed by atoms with Gasteiger partial charge in [0.2, 0.25) is 5.91 Å². The number of carboxylic acid groups (broad SMARTS) is 1. The Morgan fingerprint density at radius 2 is 2.25 bits per heavy atom. The van der Waals surface area contributed by atoms with Crippen molar-refractivity contribution < 1.29 is 24.2 Å². The van der Waals surface area contributed by atoms with Gasteiger partial charge in [-0.1, -0.05) is 13.3 Å². The van der Waals surface area contributed by atoms with Crippen molar-refractivity contribution in [3.63, 3.8) is 0 Å². The Morgan fingerprint density at radius 3 is 2.90 bits per heavy atom. The van der Waals surface area contributed by atoms with Crippen LogP contribution in [0.3, 0.4) is 0 Å². The van der Waals surface area contributed by atoms with Gasteiger partial charge in [-0.2, -0.15) is 0 Å². The first-order chi connectivity index (χ1) is 9.56. The average Bonchev–Trinajstić information content (AvgIpc) is 2.42. The molecule has 1 rings (SSSR count). The number of nitrogens with one attached hydrogen (secondary N) is 2. The maximum absolute atomic E-state index is 11.9. The van der Waals surface area contributed by atoms with E-state index in [-0.39, 0.29) is 25.5 Å². The molecule has 1 fully saturated rings. The summed E-state index contributed by atoms with van der Waals surface area (Å²) in [4.78, 5) is 35.2. The Kier molecular flexibility index (Phi) is 6.78. The topological polar surface area (TPSA) is 108 Å². The molecule has 0 bridgehead atoms. The van der Waals surface area contributed by atoms with E-state index in [0.29, 0.717) is 13.2 Å². The van der Waals surface area contributed by atoms with Crippen LogP contribution in [0.25, 0.3) is 0 Å². The van der Waals surface area contributed by atoms with Crippen LogP contribution in [0.15, 0.2) is 0 Å². The molecule has 1 unspecified atom stereocenters. The number of carboxylic acids is 1. The Hall–Kier alpha value is -1.83. The Labute approximate surface area is 117 Å². The van der Waals surface area contributed by atoms with Gasteiger partial charge in [-0.25, -0.2) is 9.59 Å². The second-order valence-electron chi connectivity index (χ2n) is 4.48. The van der Waals surface area contributed by atoms with Crippen molar-refractivity contribution in [3.8, 4) is 0 Å². The summed E-state index contributed by atoms with van der Waals surface area (Å²) in [6.45, 7) is 3.01. The van der Waals surface area contributed by atoms with Crippen molar-refractivity contribution in [2.24, 2.45) is 0 Å². The maximum Gasteiger partial charge on any atom is 0.328 e. The highest BCUT2D eigenvalue weighted by molar-refractivity contribution is 5.90. The number of carbonyl (C=O) groups excluding carboxylic acids is 2. The number of unbranched alkanes of at least 4 members (excludes halogenated alkanes) is 1. The maximum atomic E-state index is 11.9. The second-order valence-corrected chi connectivity index (χ2v) is 4.48. The SMILES string of the molecule is CCCCOCCNC(=O)N1CC(=O)NCC1C(=O)O. The Morgan fingerprint density at radius 1 is 1.50 bits per heavy atom. The molecular weight excluding hydrogens is 266 g/mol. The molecule has 1 aliphatic heterocycles. The van der Waals surface area contributed by atoms with Gasteiger partial charge in [0.15, 0.2) is 0 Å². The molecule has 0 radical (unpaired) electrons. The van der Waals surface area contributed by atoms with E-state index in [9.17, 15) is 14.4 Å². The normalized spacial score (nSPS) is 18.6. The Balaban J connectivity index is 2.35. The zero-order chi connectivity index (χ0) is 15.0. The van der Waals surface area contributed by atoms with Gasteiger partial charge < -0.3 is 20.5 Å². The summed E-state index contributed by atoms with van der Waals surface area (Å²) in [6.07, 6.45) is 2.00. The van der Waals surface area contributed by atoms with E-state index in [1.807, 2.05) is 0 Å². The quantitative estimate of drug-likeness (QED) is 0.542. The molecule has 1 saturated heterocycles. The van der Waals surface area contributed by atoms with Gasteiger partial charge in [-0.3, -0.25) is 9.69 Å². The number of rotatable bonds is 7. The van der Waals surface area contributed by atoms with Gasteiger partial charge in [0.25, 0.3) is 0 Å². The number of hydrogen-bond donors (Lipinski definition) is 3. The van der Waals surface area contributed by atoms with Gasteiger partial charge in [0, 0.05) is 19.7 Å². The smallest absolute Gasteiger partial charge is 0.328 e. The lowest BCUT2D eigenvalue weighted by Crippen LogP contribution is -2.61. The van der Waals surface area contributed by atoms with Crippen LogP contribution in [0, 0.1) is 0 Å². The lowest BCUT2D eigenvalue weighted by atomic mass is 10.2. The summed E-state index contributed by atoms with van der Waals surface area (Å²) in [5.41, 5.74) is 0. The van der Waals surface area contributed by atoms with Crippen LogP contribution in [-0.2, 0) is 14.3 Å². The largest absolute Gasteiger partial charge is 0.480 e. The minimum Gasteiger partial charge on any atom is -0.480 e. The molecule has 0 aliphatic carbocycles. The number of ether oxygens (including phenoxy) is 1. The van der Waals surface area contributed by atoms with E-state index in [0.717, 1.165) is 17.7 Å². The van der Waals surface area contributed by atoms with Gasteiger partial charge in [-0.15, -0.1) is 0 Å². The fourth-order valence-electron chi connectivity index (χ4n) is 1.76. The van der Waals surface area contributed by atoms with E-state index >= 15 is 0 Å². The van der Waals surface area contributed by atoms with Crippen LogP contribution < -0.4 is 10.6 Å². The molecule has 114 valence electrons. The van der Waals surface area contributed by atoms with Crippen molar-refractivity contribution in [1.82, 2.24) is 15.5 Å². The van der Waals surface area contributed by atoms with Gasteiger partial charge in [0.05, 0.1) is 6.61 Å². The molecule has 8 heteroatoms. The summed E-state index contributed by atoms with van der Waals surface area (Å²) >= 11 is 0. The molecule has 20 heavy (non-hydrogen) atoms. The van der Waals surface area contributed by atoms with Crippen molar-refractivity contribution in [3.05, 3.63) is 0 Å². The highest BCUT2D eigenvalue weighted by atomic mass is 16.5. The molecule has 3 N–H and O–H groups in total. The molecular formula is C12H21N3O5. The van der Waals surface area contributed by atoms with Crippen LogP contribution in [-0.4, -0.2) is 66.8 Å². The standard InChI is InChI=1S/C12H21N3O5/c1-2-3-5-20-6-4-13-12(19)15-8-10(16)14-7-9(15)11(17)18/h9H,2-8H2,1H3,(H,13,19)(H,14,16)(H,17,18). The summed E-state index contributed by atoms with van der Waals surface area (Å²) in [7, 11) is 0. The fraction of sp³-hybridized carbons (Fsp3) is 0.750. The molecule has 0 aromatic rings. The van der Waals surface area contributed by atoms with E-state index in [2.05, 4.69) is 17.6 Å². The number of urea groups is 1. The Bertz CT molecular complexity index is 361. The predicted molar refractivity (Wildman–Crippen MR) is 70.3 cm³/mol. The van der Waals surface area contributed by atoms with Crippen LogP contribution in [0.4, 0.5) is 4.79 Å². The lowest BCUT2D eigenvalue weighted by Gasteiger charge is -2.32. The number of piperazine rings is 1. The number of carbonyl (C=O) groups is 3. The van der Waals surface area contributed by atoms with Crippen LogP contribution >= 0.6 is 0 Å². The zero-order valence-electron chi connectivity index (χ0n) is 11.6. The van der Waals surface area contributed by atoms with Gasteiger partial charge in [-0.05, 0) is 6.42 Å². The molecule has 1 heterocycles. The molecule has 0 saturated carbocycles. The van der Waals surface area contributed by atoms with Crippen molar-refractivity contribution in [2.45, 2.75) is 25.8 Å². The monoisotopic (exact) mass is 287 g/mol. The number of nitrogens with zero attached hydrogens (tertiary/aromatic N) is 1. The van der Waals surface area contributed by atoms with Crippen molar-refractivity contribution in [1.29, 1.82) is 0 Å². The summed E-state index contributed by atoms with van der Waals surface area (Å²) in [5, 5.41) is 14.0. The molecule has 8 nitrogen and oxygen atoms in total. The molecule has 0 spiro atoms. The van der Waals surface area contributed by atoms with Crippen LogP contribution in [0.1, 0.15) is 19.8 Å². The third-order valence-corrected chi connectivity index (χ3v) is 2.89. The molecule has 1 aliphatic rings. The summed E-state index contributed by atoms with van der Waals surface area (Å²) < 4.78 is 5.28. The number of hydrogen-bond acceptors (Lipinski definition) is 4. The lowest BCUT2D eigenvalue weighted by molar-refractivity contribution is -0.144. The van der Waals surface area contributed by atoms with E-state index in [1.165, 1.54) is 0 Å². The van der Waals surface area contributed by atoms with Gasteiger partial charge in [0.1, 0.15) is 12.6 Å². The van der Waals surface area contributed by atoms with Crippen LogP contribution in [0.2, 0.25) is 0 Å².